The Bertz CT molecular complexity index is 783. The van der Waals surface area contributed by atoms with E-state index in [0.717, 1.165) is 5.39 Å². The predicted octanol–water partition coefficient (Wildman–Crippen LogP) is 2.60. The fourth-order valence-electron chi connectivity index (χ4n) is 2.01. The van der Waals surface area contributed by atoms with Gasteiger partial charge in [-0.2, -0.15) is 5.10 Å². The van der Waals surface area contributed by atoms with Crippen molar-refractivity contribution in [2.45, 2.75) is 6.54 Å². The van der Waals surface area contributed by atoms with Crippen LogP contribution in [0.5, 0.6) is 0 Å². The Morgan fingerprint density at radius 3 is 2.84 bits per heavy atom. The molecule has 0 bridgehead atoms. The molecule has 0 N–H and O–H groups in total. The van der Waals surface area contributed by atoms with Gasteiger partial charge in [0.2, 0.25) is 0 Å². The van der Waals surface area contributed by atoms with Crippen LogP contribution in [0.1, 0.15) is 11.3 Å². The minimum Gasteiger partial charge on any atom is -0.241 e. The summed E-state index contributed by atoms with van der Waals surface area (Å²) in [4.78, 5) is 4.26. The fourth-order valence-corrected chi connectivity index (χ4v) is 2.01. The molecule has 0 fully saturated rings. The zero-order valence-corrected chi connectivity index (χ0v) is 10.0. The number of benzene rings is 1. The first-order valence-electron chi connectivity index (χ1n) is 5.81. The van der Waals surface area contributed by atoms with Crippen LogP contribution >= 0.6 is 0 Å². The van der Waals surface area contributed by atoms with Gasteiger partial charge in [-0.05, 0) is 24.1 Å². The van der Waals surface area contributed by atoms with Gasteiger partial charge in [0.1, 0.15) is 11.5 Å². The van der Waals surface area contributed by atoms with Crippen LogP contribution in [0.3, 0.4) is 0 Å². The number of hydrogen-bond acceptors (Lipinski definition) is 2. The average Bonchev–Trinajstić information content (AvgIpc) is 2.80. The number of hydrogen-bond donors (Lipinski definition) is 0. The Morgan fingerprint density at radius 1 is 1.21 bits per heavy atom. The van der Waals surface area contributed by atoms with E-state index in [1.165, 1.54) is 6.07 Å². The molecule has 2 heterocycles. The quantitative estimate of drug-likeness (QED) is 0.655. The number of terminal acetylenes is 1. The van der Waals surface area contributed by atoms with Crippen molar-refractivity contribution in [3.05, 3.63) is 59.7 Å². The fraction of sp³-hybridized carbons (Fsp3) is 0.0667. The van der Waals surface area contributed by atoms with Gasteiger partial charge < -0.3 is 0 Å². The highest BCUT2D eigenvalue weighted by molar-refractivity contribution is 5.81. The van der Waals surface area contributed by atoms with Crippen LogP contribution in [0.2, 0.25) is 0 Å². The molecule has 3 rings (SSSR count). The van der Waals surface area contributed by atoms with Crippen molar-refractivity contribution in [2.24, 2.45) is 0 Å². The predicted molar refractivity (Wildman–Crippen MR) is 71.0 cm³/mol. The van der Waals surface area contributed by atoms with E-state index in [9.17, 15) is 4.39 Å². The van der Waals surface area contributed by atoms with Crippen molar-refractivity contribution in [3.8, 4) is 12.3 Å². The first kappa shape index (κ1) is 11.4. The topological polar surface area (TPSA) is 30.7 Å². The van der Waals surface area contributed by atoms with E-state index in [0.29, 0.717) is 23.4 Å². The van der Waals surface area contributed by atoms with E-state index in [4.69, 9.17) is 6.42 Å². The number of fused-ring (bicyclic) bond motifs is 1. The van der Waals surface area contributed by atoms with Crippen molar-refractivity contribution in [1.29, 1.82) is 0 Å². The Balaban J connectivity index is 2.12. The minimum atomic E-state index is -0.260. The van der Waals surface area contributed by atoms with Crippen LogP contribution in [-0.2, 0) is 6.54 Å². The molecule has 0 atom stereocenters. The van der Waals surface area contributed by atoms with Crippen LogP contribution < -0.4 is 0 Å². The molecule has 0 radical (unpaired) electrons. The summed E-state index contributed by atoms with van der Waals surface area (Å²) in [5.74, 6) is 2.27. The second-order valence-corrected chi connectivity index (χ2v) is 4.12. The highest BCUT2D eigenvalue weighted by atomic mass is 19.1. The molecule has 92 valence electrons. The van der Waals surface area contributed by atoms with Gasteiger partial charge in [-0.25, -0.2) is 14.1 Å². The summed E-state index contributed by atoms with van der Waals surface area (Å²) in [6.07, 6.45) is 7.09. The molecular formula is C15H10FN3. The average molecular weight is 251 g/mol. The zero-order valence-electron chi connectivity index (χ0n) is 10.0. The molecule has 1 aromatic carbocycles. The van der Waals surface area contributed by atoms with Gasteiger partial charge in [0.15, 0.2) is 5.65 Å². The number of rotatable bonds is 2. The lowest BCUT2D eigenvalue weighted by Gasteiger charge is -2.03. The molecule has 3 nitrogen and oxygen atoms in total. The molecule has 3 aromatic rings. The molecule has 19 heavy (non-hydrogen) atoms. The van der Waals surface area contributed by atoms with Gasteiger partial charge in [-0.15, -0.1) is 6.42 Å². The summed E-state index contributed by atoms with van der Waals surface area (Å²) in [6.45, 7) is 0.307. The Hall–Kier alpha value is -2.67. The molecule has 4 heteroatoms. The Morgan fingerprint density at radius 2 is 2.05 bits per heavy atom. The summed E-state index contributed by atoms with van der Waals surface area (Å²) in [6, 6.07) is 10.3. The van der Waals surface area contributed by atoms with Crippen LogP contribution in [0.15, 0.2) is 42.6 Å². The van der Waals surface area contributed by atoms with Crippen LogP contribution in [0, 0.1) is 18.2 Å². The van der Waals surface area contributed by atoms with Crippen molar-refractivity contribution in [2.75, 3.05) is 0 Å². The highest BCUT2D eigenvalue weighted by Crippen LogP contribution is 2.17. The van der Waals surface area contributed by atoms with Gasteiger partial charge in [0, 0.05) is 11.8 Å². The molecule has 0 unspecified atom stereocenters. The lowest BCUT2D eigenvalue weighted by molar-refractivity contribution is 0.589. The summed E-state index contributed by atoms with van der Waals surface area (Å²) in [7, 11) is 0. The molecule has 0 saturated carbocycles. The summed E-state index contributed by atoms with van der Waals surface area (Å²) in [5, 5.41) is 5.10. The maximum absolute atomic E-state index is 13.7. The van der Waals surface area contributed by atoms with E-state index >= 15 is 0 Å². The molecule has 0 amide bonds. The second kappa shape index (κ2) is 4.54. The molecule has 0 aliphatic rings. The SMILES string of the molecule is C#Cc1nn(Cc2ccccc2F)c2ncccc12. The lowest BCUT2D eigenvalue weighted by atomic mass is 10.2. The van der Waals surface area contributed by atoms with Crippen molar-refractivity contribution in [1.82, 2.24) is 14.8 Å². The van der Waals surface area contributed by atoms with E-state index in [1.807, 2.05) is 6.07 Å². The molecule has 2 aromatic heterocycles. The highest BCUT2D eigenvalue weighted by Gasteiger charge is 2.11. The Kier molecular flexibility index (Phi) is 2.73. The van der Waals surface area contributed by atoms with Crippen molar-refractivity contribution >= 4 is 11.0 Å². The van der Waals surface area contributed by atoms with E-state index in [-0.39, 0.29) is 5.82 Å². The first-order chi connectivity index (χ1) is 9.29. The molecule has 0 aliphatic heterocycles. The summed E-state index contributed by atoms with van der Waals surface area (Å²) >= 11 is 0. The van der Waals surface area contributed by atoms with Gasteiger partial charge in [0.05, 0.1) is 11.9 Å². The van der Waals surface area contributed by atoms with Gasteiger partial charge in [-0.3, -0.25) is 0 Å². The monoisotopic (exact) mass is 251 g/mol. The van der Waals surface area contributed by atoms with Gasteiger partial charge >= 0.3 is 0 Å². The third-order valence-corrected chi connectivity index (χ3v) is 2.92. The Labute approximate surface area is 109 Å². The zero-order chi connectivity index (χ0) is 13.2. The second-order valence-electron chi connectivity index (χ2n) is 4.12. The maximum Gasteiger partial charge on any atom is 0.159 e. The lowest BCUT2D eigenvalue weighted by Crippen LogP contribution is -2.04. The number of nitrogens with zero attached hydrogens (tertiary/aromatic N) is 3. The van der Waals surface area contributed by atoms with Crippen LogP contribution in [-0.4, -0.2) is 14.8 Å². The number of aromatic nitrogens is 3. The minimum absolute atomic E-state index is 0.260. The summed E-state index contributed by atoms with van der Waals surface area (Å²) < 4.78 is 15.3. The third-order valence-electron chi connectivity index (χ3n) is 2.92. The first-order valence-corrected chi connectivity index (χ1v) is 5.81. The molecule has 0 saturated heterocycles. The van der Waals surface area contributed by atoms with Crippen molar-refractivity contribution in [3.63, 3.8) is 0 Å². The molecule has 0 aliphatic carbocycles. The number of pyridine rings is 1. The molecular weight excluding hydrogens is 241 g/mol. The van der Waals surface area contributed by atoms with Crippen LogP contribution in [0.25, 0.3) is 11.0 Å². The van der Waals surface area contributed by atoms with E-state index in [1.54, 1.807) is 35.1 Å². The van der Waals surface area contributed by atoms with E-state index < -0.39 is 0 Å². The van der Waals surface area contributed by atoms with Gasteiger partial charge in [-0.1, -0.05) is 18.2 Å². The smallest absolute Gasteiger partial charge is 0.159 e. The van der Waals surface area contributed by atoms with Gasteiger partial charge in [0.25, 0.3) is 0 Å². The maximum atomic E-state index is 13.7. The standard InChI is InChI=1S/C15H10FN3/c1-2-14-12-7-5-9-17-15(12)19(18-14)10-11-6-3-4-8-13(11)16/h1,3-9H,10H2. The normalized spacial score (nSPS) is 10.5. The van der Waals surface area contributed by atoms with Crippen molar-refractivity contribution < 1.29 is 4.39 Å². The number of halogens is 1. The summed E-state index contributed by atoms with van der Waals surface area (Å²) in [5.41, 5.74) is 1.75. The molecule has 0 spiro atoms. The van der Waals surface area contributed by atoms with E-state index in [2.05, 4.69) is 16.0 Å². The van der Waals surface area contributed by atoms with Crippen LogP contribution in [0.4, 0.5) is 4.39 Å². The third kappa shape index (κ3) is 1.95. The largest absolute Gasteiger partial charge is 0.241 e.